The molecule has 0 saturated heterocycles. The van der Waals surface area contributed by atoms with Crippen LogP contribution in [0.4, 0.5) is 0 Å². The molecule has 1 aliphatic carbocycles. The number of aromatic nitrogens is 4. The van der Waals surface area contributed by atoms with E-state index in [2.05, 4.69) is 15.2 Å². The number of halogens is 1. The molecule has 0 aromatic carbocycles. The van der Waals surface area contributed by atoms with E-state index in [1.807, 2.05) is 17.8 Å². The van der Waals surface area contributed by atoms with Gasteiger partial charge in [-0.15, -0.1) is 12.4 Å². The van der Waals surface area contributed by atoms with Crippen LogP contribution in [0.15, 0.2) is 16.9 Å². The van der Waals surface area contributed by atoms with Crippen LogP contribution in [-0.2, 0) is 12.1 Å². The van der Waals surface area contributed by atoms with Gasteiger partial charge < -0.3 is 10.3 Å². The van der Waals surface area contributed by atoms with Crippen molar-refractivity contribution < 1.29 is 4.52 Å². The molecule has 0 amide bonds. The third kappa shape index (κ3) is 2.50. The Kier molecular flexibility index (Phi) is 3.91. The number of hydrogen-bond donors (Lipinski definition) is 1. The van der Waals surface area contributed by atoms with Gasteiger partial charge in [0.15, 0.2) is 5.82 Å². The topological polar surface area (TPSA) is 82.8 Å². The lowest BCUT2D eigenvalue weighted by molar-refractivity contribution is 0.372. The maximum Gasteiger partial charge on any atom is 0.261 e. The minimum atomic E-state index is -0.400. The van der Waals surface area contributed by atoms with Crippen LogP contribution < -0.4 is 5.73 Å². The molecule has 0 aliphatic heterocycles. The quantitative estimate of drug-likeness (QED) is 0.933. The Morgan fingerprint density at radius 3 is 2.79 bits per heavy atom. The Balaban J connectivity index is 0.00000133. The molecular formula is C12H18ClN5O. The average molecular weight is 284 g/mol. The Labute approximate surface area is 117 Å². The summed E-state index contributed by atoms with van der Waals surface area (Å²) in [5, 5.41) is 8.23. The SMILES string of the molecule is CCn1cc(-c2nc(C3(N)CCCC3)no2)cn1.Cl. The molecular weight excluding hydrogens is 266 g/mol. The van der Waals surface area contributed by atoms with Gasteiger partial charge in [-0.1, -0.05) is 18.0 Å². The highest BCUT2D eigenvalue weighted by Gasteiger charge is 2.36. The molecule has 2 aromatic rings. The third-order valence-electron chi connectivity index (χ3n) is 3.57. The maximum atomic E-state index is 6.30. The summed E-state index contributed by atoms with van der Waals surface area (Å²) in [4.78, 5) is 4.43. The van der Waals surface area contributed by atoms with Gasteiger partial charge in [-0.25, -0.2) is 0 Å². The van der Waals surface area contributed by atoms with Gasteiger partial charge >= 0.3 is 0 Å². The highest BCUT2D eigenvalue weighted by Crippen LogP contribution is 2.35. The maximum absolute atomic E-state index is 6.30. The summed E-state index contributed by atoms with van der Waals surface area (Å²) in [7, 11) is 0. The van der Waals surface area contributed by atoms with Gasteiger partial charge in [-0.05, 0) is 19.8 Å². The lowest BCUT2D eigenvalue weighted by Crippen LogP contribution is -2.34. The molecule has 1 fully saturated rings. The molecule has 0 bridgehead atoms. The summed E-state index contributed by atoms with van der Waals surface area (Å²) in [6.07, 6.45) is 7.76. The first-order valence-electron chi connectivity index (χ1n) is 6.37. The number of nitrogens with two attached hydrogens (primary N) is 1. The van der Waals surface area contributed by atoms with Gasteiger partial charge in [-0.2, -0.15) is 10.1 Å². The standard InChI is InChI=1S/C12H17N5O.ClH/c1-2-17-8-9(7-14-17)10-15-11(16-18-10)12(13)5-3-4-6-12;/h7-8H,2-6,13H2,1H3;1H. The second-order valence-electron chi connectivity index (χ2n) is 4.87. The first-order chi connectivity index (χ1) is 8.71. The zero-order valence-electron chi connectivity index (χ0n) is 10.9. The number of hydrogen-bond acceptors (Lipinski definition) is 5. The van der Waals surface area contributed by atoms with E-state index in [1.54, 1.807) is 6.20 Å². The van der Waals surface area contributed by atoms with E-state index in [9.17, 15) is 0 Å². The molecule has 0 spiro atoms. The average Bonchev–Trinajstić information content (AvgIpc) is 3.08. The molecule has 0 radical (unpaired) electrons. The Hall–Kier alpha value is -1.40. The second kappa shape index (κ2) is 5.30. The number of aryl methyl sites for hydroxylation is 1. The summed E-state index contributed by atoms with van der Waals surface area (Å²) in [6, 6.07) is 0. The van der Waals surface area contributed by atoms with Gasteiger partial charge in [0.05, 0.1) is 17.3 Å². The van der Waals surface area contributed by atoms with E-state index < -0.39 is 5.54 Å². The first kappa shape index (κ1) is 14.0. The Morgan fingerprint density at radius 2 is 2.16 bits per heavy atom. The Morgan fingerprint density at radius 1 is 1.42 bits per heavy atom. The van der Waals surface area contributed by atoms with Crippen LogP contribution in [0.25, 0.3) is 11.5 Å². The monoisotopic (exact) mass is 283 g/mol. The highest BCUT2D eigenvalue weighted by atomic mass is 35.5. The molecule has 1 aliphatic rings. The largest absolute Gasteiger partial charge is 0.334 e. The van der Waals surface area contributed by atoms with E-state index in [4.69, 9.17) is 10.3 Å². The van der Waals surface area contributed by atoms with Gasteiger partial charge in [0.1, 0.15) is 0 Å². The number of rotatable bonds is 3. The predicted octanol–water partition coefficient (Wildman–Crippen LogP) is 2.10. The van der Waals surface area contributed by atoms with Gasteiger partial charge in [-0.3, -0.25) is 4.68 Å². The van der Waals surface area contributed by atoms with Crippen LogP contribution in [0, 0.1) is 0 Å². The molecule has 0 atom stereocenters. The third-order valence-corrected chi connectivity index (χ3v) is 3.57. The van der Waals surface area contributed by atoms with Crippen molar-refractivity contribution in [2.24, 2.45) is 5.73 Å². The van der Waals surface area contributed by atoms with Crippen LogP contribution in [0.3, 0.4) is 0 Å². The Bertz CT molecular complexity index is 544. The number of nitrogens with zero attached hydrogens (tertiary/aromatic N) is 4. The fourth-order valence-corrected chi connectivity index (χ4v) is 2.42. The van der Waals surface area contributed by atoms with Crippen LogP contribution in [0.5, 0.6) is 0 Å². The van der Waals surface area contributed by atoms with Gasteiger partial charge in [0, 0.05) is 12.7 Å². The molecule has 104 valence electrons. The van der Waals surface area contributed by atoms with Crippen LogP contribution in [-0.4, -0.2) is 19.9 Å². The van der Waals surface area contributed by atoms with Crippen molar-refractivity contribution in [1.29, 1.82) is 0 Å². The molecule has 2 heterocycles. The second-order valence-corrected chi connectivity index (χ2v) is 4.87. The normalized spacial score (nSPS) is 17.4. The summed E-state index contributed by atoms with van der Waals surface area (Å²) in [5.74, 6) is 1.13. The zero-order chi connectivity index (χ0) is 12.6. The summed E-state index contributed by atoms with van der Waals surface area (Å²) in [6.45, 7) is 2.85. The van der Waals surface area contributed by atoms with Crippen LogP contribution in [0.1, 0.15) is 38.4 Å². The van der Waals surface area contributed by atoms with Crippen molar-refractivity contribution in [3.63, 3.8) is 0 Å². The fraction of sp³-hybridized carbons (Fsp3) is 0.583. The van der Waals surface area contributed by atoms with Crippen molar-refractivity contribution >= 4 is 12.4 Å². The van der Waals surface area contributed by atoms with Crippen molar-refractivity contribution in [1.82, 2.24) is 19.9 Å². The van der Waals surface area contributed by atoms with Crippen molar-refractivity contribution in [2.45, 2.75) is 44.7 Å². The highest BCUT2D eigenvalue weighted by molar-refractivity contribution is 5.85. The first-order valence-corrected chi connectivity index (χ1v) is 6.37. The van der Waals surface area contributed by atoms with E-state index in [0.717, 1.165) is 37.8 Å². The predicted molar refractivity (Wildman–Crippen MR) is 72.8 cm³/mol. The van der Waals surface area contributed by atoms with E-state index in [-0.39, 0.29) is 12.4 Å². The molecule has 19 heavy (non-hydrogen) atoms. The van der Waals surface area contributed by atoms with E-state index >= 15 is 0 Å². The lowest BCUT2D eigenvalue weighted by Gasteiger charge is -2.17. The van der Waals surface area contributed by atoms with Crippen LogP contribution >= 0.6 is 12.4 Å². The molecule has 6 nitrogen and oxygen atoms in total. The smallest absolute Gasteiger partial charge is 0.261 e. The molecule has 2 N–H and O–H groups in total. The molecule has 7 heteroatoms. The van der Waals surface area contributed by atoms with Gasteiger partial charge in [0.25, 0.3) is 5.89 Å². The molecule has 1 saturated carbocycles. The van der Waals surface area contributed by atoms with Crippen molar-refractivity contribution in [3.05, 3.63) is 18.2 Å². The van der Waals surface area contributed by atoms with Gasteiger partial charge in [0.2, 0.25) is 0 Å². The summed E-state index contributed by atoms with van der Waals surface area (Å²) in [5.41, 5.74) is 6.74. The minimum absolute atomic E-state index is 0. The molecule has 0 unspecified atom stereocenters. The van der Waals surface area contributed by atoms with Crippen molar-refractivity contribution in [2.75, 3.05) is 0 Å². The fourth-order valence-electron chi connectivity index (χ4n) is 2.42. The zero-order valence-corrected chi connectivity index (χ0v) is 11.7. The van der Waals surface area contributed by atoms with E-state index in [1.165, 1.54) is 0 Å². The minimum Gasteiger partial charge on any atom is -0.334 e. The van der Waals surface area contributed by atoms with E-state index in [0.29, 0.717) is 11.7 Å². The molecule has 2 aromatic heterocycles. The summed E-state index contributed by atoms with van der Waals surface area (Å²) >= 11 is 0. The molecule has 3 rings (SSSR count). The lowest BCUT2D eigenvalue weighted by atomic mass is 9.99. The van der Waals surface area contributed by atoms with Crippen LogP contribution in [0.2, 0.25) is 0 Å². The summed E-state index contributed by atoms with van der Waals surface area (Å²) < 4.78 is 7.12. The van der Waals surface area contributed by atoms with Crippen molar-refractivity contribution in [3.8, 4) is 11.5 Å².